The Morgan fingerprint density at radius 1 is 1.06 bits per heavy atom. The van der Waals surface area contributed by atoms with E-state index in [9.17, 15) is 9.59 Å². The van der Waals surface area contributed by atoms with Crippen LogP contribution < -0.4 is 20.2 Å². The van der Waals surface area contributed by atoms with Crippen molar-refractivity contribution in [2.24, 2.45) is 11.0 Å². The van der Waals surface area contributed by atoms with E-state index >= 15 is 0 Å². The average molecular weight is 579 g/mol. The van der Waals surface area contributed by atoms with Gasteiger partial charge in [0, 0.05) is 20.1 Å². The number of para-hydroxylation sites is 1. The van der Waals surface area contributed by atoms with Crippen LogP contribution in [0.2, 0.25) is 10.0 Å². The van der Waals surface area contributed by atoms with E-state index in [1.807, 2.05) is 6.07 Å². The van der Waals surface area contributed by atoms with Crippen LogP contribution in [0.3, 0.4) is 0 Å². The van der Waals surface area contributed by atoms with Gasteiger partial charge in [0.25, 0.3) is 5.91 Å². The third kappa shape index (κ3) is 7.45. The fraction of sp³-hybridized carbons (Fsp3) is 0.160. The quantitative estimate of drug-likeness (QED) is 0.183. The Morgan fingerprint density at radius 3 is 2.54 bits per heavy atom. The molecule has 0 saturated carbocycles. The van der Waals surface area contributed by atoms with E-state index < -0.39 is 17.7 Å². The number of hydrogen-bond acceptors (Lipinski definition) is 5. The Bertz CT molecular complexity index is 1250. The van der Waals surface area contributed by atoms with Gasteiger partial charge in [0.15, 0.2) is 11.5 Å². The number of benzene rings is 3. The first kappa shape index (κ1) is 26.5. The number of rotatable bonds is 9. The zero-order valence-corrected chi connectivity index (χ0v) is 21.9. The highest BCUT2D eigenvalue weighted by Gasteiger charge is 2.21. The van der Waals surface area contributed by atoms with Gasteiger partial charge in [-0.3, -0.25) is 9.59 Å². The minimum atomic E-state index is -0.954. The topological polar surface area (TPSA) is 89.0 Å². The normalized spacial score (nSPS) is 11.7. The van der Waals surface area contributed by atoms with Crippen molar-refractivity contribution < 1.29 is 19.1 Å². The van der Waals surface area contributed by atoms with Crippen LogP contribution in [0.25, 0.3) is 0 Å². The maximum Gasteiger partial charge on any atom is 0.252 e. The molecule has 0 aromatic heterocycles. The molecule has 10 heteroatoms. The van der Waals surface area contributed by atoms with Crippen molar-refractivity contribution in [1.29, 1.82) is 0 Å². The van der Waals surface area contributed by atoms with E-state index in [1.165, 1.54) is 20.2 Å². The van der Waals surface area contributed by atoms with Crippen molar-refractivity contribution in [1.82, 2.24) is 5.43 Å². The summed E-state index contributed by atoms with van der Waals surface area (Å²) in [7, 11) is 1.52. The van der Waals surface area contributed by atoms with E-state index in [0.717, 1.165) is 10.0 Å². The minimum absolute atomic E-state index is 0.232. The minimum Gasteiger partial charge on any atom is -0.493 e. The molecule has 0 spiro atoms. The van der Waals surface area contributed by atoms with Crippen molar-refractivity contribution in [3.05, 3.63) is 86.3 Å². The second-order valence-electron chi connectivity index (χ2n) is 7.36. The fourth-order valence-corrected chi connectivity index (χ4v) is 3.71. The summed E-state index contributed by atoms with van der Waals surface area (Å²) >= 11 is 15.5. The molecule has 3 aromatic rings. The van der Waals surface area contributed by atoms with Gasteiger partial charge in [0.2, 0.25) is 5.91 Å². The molecule has 0 aliphatic heterocycles. The molecule has 0 bridgehead atoms. The lowest BCUT2D eigenvalue weighted by Gasteiger charge is -2.12. The lowest BCUT2D eigenvalue weighted by Crippen LogP contribution is -2.34. The number of methoxy groups -OCH3 is 1. The van der Waals surface area contributed by atoms with E-state index in [4.69, 9.17) is 32.7 Å². The first-order chi connectivity index (χ1) is 16.8. The summed E-state index contributed by atoms with van der Waals surface area (Å²) in [4.78, 5) is 24.7. The Labute approximate surface area is 221 Å². The van der Waals surface area contributed by atoms with Crippen LogP contribution in [-0.2, 0) is 16.2 Å². The van der Waals surface area contributed by atoms with Gasteiger partial charge in [-0.15, -0.1) is 0 Å². The molecule has 0 saturated heterocycles. The number of hydrazone groups is 1. The van der Waals surface area contributed by atoms with Gasteiger partial charge in [0.05, 0.1) is 19.0 Å². The molecule has 0 aliphatic rings. The number of hydrogen-bond donors (Lipinski definition) is 2. The van der Waals surface area contributed by atoms with Crippen molar-refractivity contribution >= 4 is 62.8 Å². The molecule has 2 amide bonds. The molecule has 3 aromatic carbocycles. The Hall–Kier alpha value is -3.07. The number of anilines is 1. The van der Waals surface area contributed by atoms with Crippen LogP contribution in [0, 0.1) is 5.92 Å². The molecule has 0 fully saturated rings. The molecule has 1 unspecified atom stereocenters. The number of carbonyl (C=O) groups is 2. The van der Waals surface area contributed by atoms with E-state index in [1.54, 1.807) is 54.6 Å². The lowest BCUT2D eigenvalue weighted by atomic mass is 10.1. The molecule has 3 rings (SSSR count). The predicted octanol–water partition coefficient (Wildman–Crippen LogP) is 6.07. The summed E-state index contributed by atoms with van der Waals surface area (Å²) in [6.07, 6.45) is 1.44. The molecule has 1 atom stereocenters. The van der Waals surface area contributed by atoms with Gasteiger partial charge < -0.3 is 14.8 Å². The standard InChI is InChI=1S/C25H22BrCl2N3O4/c1-15(24(32)30-21-6-4-3-5-19(21)26)25(33)31-29-13-16-7-10-22(23(11-16)34-2)35-14-17-8-9-18(27)12-20(17)28/h3-13,15H,14H2,1-2H3,(H,30,32)(H,31,33). The third-order valence-corrected chi connectivity index (χ3v) is 6.17. The SMILES string of the molecule is COc1cc(C=NNC(=O)C(C)C(=O)Nc2ccccc2Br)ccc1OCc1ccc(Cl)cc1Cl. The number of carbonyl (C=O) groups excluding carboxylic acids is 2. The number of halogens is 3. The maximum atomic E-state index is 12.4. The van der Waals surface area contributed by atoms with E-state index in [-0.39, 0.29) is 6.61 Å². The monoisotopic (exact) mass is 577 g/mol. The highest BCUT2D eigenvalue weighted by atomic mass is 79.9. The van der Waals surface area contributed by atoms with Gasteiger partial charge in [-0.2, -0.15) is 5.10 Å². The first-order valence-corrected chi connectivity index (χ1v) is 12.0. The van der Waals surface area contributed by atoms with Crippen LogP contribution in [0.5, 0.6) is 11.5 Å². The molecule has 2 N–H and O–H groups in total. The van der Waals surface area contributed by atoms with Crippen molar-refractivity contribution in [2.45, 2.75) is 13.5 Å². The fourth-order valence-electron chi connectivity index (χ4n) is 2.87. The Kier molecular flexibility index (Phi) is 9.54. The summed E-state index contributed by atoms with van der Waals surface area (Å²) in [5, 5.41) is 7.71. The Morgan fingerprint density at radius 2 is 1.83 bits per heavy atom. The van der Waals surface area contributed by atoms with Crippen LogP contribution >= 0.6 is 39.1 Å². The van der Waals surface area contributed by atoms with Crippen LogP contribution in [-0.4, -0.2) is 25.1 Å². The second-order valence-corrected chi connectivity index (χ2v) is 9.06. The summed E-state index contributed by atoms with van der Waals surface area (Å²) in [5.74, 6) is -0.959. The second kappa shape index (κ2) is 12.6. The van der Waals surface area contributed by atoms with Gasteiger partial charge in [-0.25, -0.2) is 5.43 Å². The highest BCUT2D eigenvalue weighted by molar-refractivity contribution is 9.10. The maximum absolute atomic E-state index is 12.4. The summed E-state index contributed by atoms with van der Waals surface area (Å²) < 4.78 is 12.0. The first-order valence-electron chi connectivity index (χ1n) is 10.4. The predicted molar refractivity (Wildman–Crippen MR) is 141 cm³/mol. The van der Waals surface area contributed by atoms with Crippen molar-refractivity contribution in [2.75, 3.05) is 12.4 Å². The molecule has 0 heterocycles. The number of amides is 2. The highest BCUT2D eigenvalue weighted by Crippen LogP contribution is 2.30. The van der Waals surface area contributed by atoms with E-state index in [2.05, 4.69) is 31.8 Å². The third-order valence-electron chi connectivity index (χ3n) is 4.89. The van der Waals surface area contributed by atoms with Crippen LogP contribution in [0.4, 0.5) is 5.69 Å². The Balaban J connectivity index is 1.57. The summed E-state index contributed by atoms with van der Waals surface area (Å²) in [6.45, 7) is 1.73. The largest absolute Gasteiger partial charge is 0.493 e. The van der Waals surface area contributed by atoms with Gasteiger partial charge in [-0.1, -0.05) is 41.4 Å². The molecular formula is C25H22BrCl2N3O4. The van der Waals surface area contributed by atoms with Gasteiger partial charge in [-0.05, 0) is 70.9 Å². The zero-order chi connectivity index (χ0) is 25.4. The van der Waals surface area contributed by atoms with Crippen LogP contribution in [0.15, 0.2) is 70.2 Å². The summed E-state index contributed by atoms with van der Waals surface area (Å²) in [5.41, 5.74) is 4.40. The molecule has 35 heavy (non-hydrogen) atoms. The van der Waals surface area contributed by atoms with Crippen molar-refractivity contribution in [3.8, 4) is 11.5 Å². The van der Waals surface area contributed by atoms with Crippen molar-refractivity contribution in [3.63, 3.8) is 0 Å². The molecule has 0 aliphatic carbocycles. The van der Waals surface area contributed by atoms with Crippen LogP contribution in [0.1, 0.15) is 18.1 Å². The number of ether oxygens (including phenoxy) is 2. The smallest absolute Gasteiger partial charge is 0.252 e. The molecule has 182 valence electrons. The van der Waals surface area contributed by atoms with Gasteiger partial charge in [0.1, 0.15) is 12.5 Å². The van der Waals surface area contributed by atoms with E-state index in [0.29, 0.717) is 32.8 Å². The number of nitrogens with zero attached hydrogens (tertiary/aromatic N) is 1. The lowest BCUT2D eigenvalue weighted by molar-refractivity contribution is -0.131. The molecule has 0 radical (unpaired) electrons. The number of nitrogens with one attached hydrogen (secondary N) is 2. The zero-order valence-electron chi connectivity index (χ0n) is 18.8. The summed E-state index contributed by atoms with van der Waals surface area (Å²) in [6, 6.07) is 17.5. The molecule has 7 nitrogen and oxygen atoms in total. The van der Waals surface area contributed by atoms with Gasteiger partial charge >= 0.3 is 0 Å². The molecular weight excluding hydrogens is 557 g/mol. The average Bonchev–Trinajstić information content (AvgIpc) is 2.84.